The molecule has 2 heteroatoms. The second-order valence-electron chi connectivity index (χ2n) is 2.74. The fraction of sp³-hybridized carbons (Fsp3) is 1.00. The Bertz CT molecular complexity index is 63.4. The second-order valence-corrected chi connectivity index (χ2v) is 4.45. The number of hydrogen-bond donors (Lipinski definition) is 1. The van der Waals surface area contributed by atoms with Crippen LogP contribution in [0, 0.1) is 5.92 Å². The number of aliphatic hydroxyl groups is 1. The van der Waals surface area contributed by atoms with Gasteiger partial charge in [0.25, 0.3) is 0 Å². The van der Waals surface area contributed by atoms with Crippen molar-refractivity contribution in [1.29, 1.82) is 0 Å². The van der Waals surface area contributed by atoms with Gasteiger partial charge in [0.1, 0.15) is 4.51 Å². The molecule has 0 aliphatic heterocycles. The zero-order chi connectivity index (χ0) is 6.78. The molecule has 1 nitrogen and oxygen atoms in total. The molecule has 0 bridgehead atoms. The molecular weight excluding hydrogens is 168 g/mol. The molecule has 0 aromatic rings. The number of rotatable bonds is 2. The van der Waals surface area contributed by atoms with Crippen LogP contribution in [0.15, 0.2) is 0 Å². The van der Waals surface area contributed by atoms with Crippen molar-refractivity contribution in [3.8, 4) is 0 Å². The second kappa shape index (κ2) is 2.83. The van der Waals surface area contributed by atoms with Crippen molar-refractivity contribution in [2.45, 2.75) is 31.7 Å². The molecule has 0 spiro atoms. The van der Waals surface area contributed by atoms with E-state index >= 15 is 0 Å². The van der Waals surface area contributed by atoms with Crippen molar-refractivity contribution in [3.05, 3.63) is 0 Å². The van der Waals surface area contributed by atoms with Gasteiger partial charge in [0.2, 0.25) is 0 Å². The fourth-order valence-electron chi connectivity index (χ4n) is 0.745. The van der Waals surface area contributed by atoms with E-state index in [-0.39, 0.29) is 0 Å². The minimum Gasteiger partial charge on any atom is -0.379 e. The fourth-order valence-corrected chi connectivity index (χ4v) is 1.39. The molecule has 1 atom stereocenters. The normalized spacial score (nSPS) is 18.8. The van der Waals surface area contributed by atoms with Crippen molar-refractivity contribution in [2.75, 3.05) is 0 Å². The third-order valence-corrected chi connectivity index (χ3v) is 1.10. The van der Waals surface area contributed by atoms with Gasteiger partial charge in [0, 0.05) is 0 Å². The van der Waals surface area contributed by atoms with Gasteiger partial charge in [-0.25, -0.2) is 0 Å². The van der Waals surface area contributed by atoms with Gasteiger partial charge >= 0.3 is 0 Å². The minimum atomic E-state index is -0.666. The van der Waals surface area contributed by atoms with Crippen molar-refractivity contribution in [1.82, 2.24) is 0 Å². The first-order valence-corrected chi connectivity index (χ1v) is 3.62. The Labute approximate surface area is 59.2 Å². The van der Waals surface area contributed by atoms with Crippen LogP contribution in [0.2, 0.25) is 0 Å². The van der Waals surface area contributed by atoms with E-state index in [1.54, 1.807) is 6.92 Å². The summed E-state index contributed by atoms with van der Waals surface area (Å²) >= 11 is 3.13. The van der Waals surface area contributed by atoms with Crippen LogP contribution >= 0.6 is 15.9 Å². The van der Waals surface area contributed by atoms with Gasteiger partial charge in [-0.2, -0.15) is 0 Å². The smallest absolute Gasteiger partial charge is 0.117 e. The predicted octanol–water partition coefficient (Wildman–Crippen LogP) is 2.14. The molecule has 50 valence electrons. The summed E-state index contributed by atoms with van der Waals surface area (Å²) in [6.07, 6.45) is 0.799. The average Bonchev–Trinajstić information content (AvgIpc) is 1.21. The Morgan fingerprint density at radius 1 is 1.62 bits per heavy atom. The number of alkyl halides is 1. The van der Waals surface area contributed by atoms with Crippen LogP contribution in [-0.4, -0.2) is 9.62 Å². The van der Waals surface area contributed by atoms with Crippen LogP contribution < -0.4 is 0 Å². The van der Waals surface area contributed by atoms with Crippen LogP contribution in [0.4, 0.5) is 0 Å². The SMILES string of the molecule is CC(C)CC(C)(O)Br. The van der Waals surface area contributed by atoms with E-state index in [2.05, 4.69) is 29.8 Å². The molecule has 0 rings (SSSR count). The molecule has 0 radical (unpaired) electrons. The summed E-state index contributed by atoms with van der Waals surface area (Å²) in [5.74, 6) is 0.546. The van der Waals surface area contributed by atoms with Gasteiger partial charge in [-0.3, -0.25) is 0 Å². The van der Waals surface area contributed by atoms with Gasteiger partial charge in [-0.05, 0) is 19.3 Å². The van der Waals surface area contributed by atoms with Crippen LogP contribution in [0.1, 0.15) is 27.2 Å². The highest BCUT2D eigenvalue weighted by molar-refractivity contribution is 9.10. The quantitative estimate of drug-likeness (QED) is 0.647. The standard InChI is InChI=1S/C6H13BrO/c1-5(2)4-6(3,7)8/h5,8H,4H2,1-3H3. The molecule has 0 saturated heterocycles. The summed E-state index contributed by atoms with van der Waals surface area (Å²) < 4.78 is -0.666. The lowest BCUT2D eigenvalue weighted by atomic mass is 10.1. The third kappa shape index (κ3) is 6.44. The Hall–Kier alpha value is 0.440. The van der Waals surface area contributed by atoms with E-state index < -0.39 is 4.51 Å². The molecule has 0 saturated carbocycles. The molecule has 1 N–H and O–H groups in total. The summed E-state index contributed by atoms with van der Waals surface area (Å²) in [6, 6.07) is 0. The molecule has 0 heterocycles. The third-order valence-electron chi connectivity index (χ3n) is 0.781. The Morgan fingerprint density at radius 2 is 2.00 bits per heavy atom. The Kier molecular flexibility index (Phi) is 2.99. The molecule has 0 aromatic heterocycles. The van der Waals surface area contributed by atoms with E-state index in [1.165, 1.54) is 0 Å². The maximum Gasteiger partial charge on any atom is 0.117 e. The zero-order valence-electron chi connectivity index (χ0n) is 5.61. The van der Waals surface area contributed by atoms with Crippen molar-refractivity contribution < 1.29 is 5.11 Å². The van der Waals surface area contributed by atoms with Crippen molar-refractivity contribution >= 4 is 15.9 Å². The zero-order valence-corrected chi connectivity index (χ0v) is 7.20. The molecule has 1 unspecified atom stereocenters. The topological polar surface area (TPSA) is 20.2 Å². The first kappa shape index (κ1) is 8.44. The van der Waals surface area contributed by atoms with Gasteiger partial charge in [0.15, 0.2) is 0 Å². The summed E-state index contributed by atoms with van der Waals surface area (Å²) in [7, 11) is 0. The maximum atomic E-state index is 9.10. The maximum absolute atomic E-state index is 9.10. The average molecular weight is 181 g/mol. The van der Waals surface area contributed by atoms with Crippen LogP contribution in [0.25, 0.3) is 0 Å². The van der Waals surface area contributed by atoms with E-state index in [4.69, 9.17) is 5.11 Å². The summed E-state index contributed by atoms with van der Waals surface area (Å²) in [4.78, 5) is 0. The first-order chi connectivity index (χ1) is 3.42. The lowest BCUT2D eigenvalue weighted by molar-refractivity contribution is 0.139. The van der Waals surface area contributed by atoms with Gasteiger partial charge < -0.3 is 5.11 Å². The molecule has 0 aliphatic rings. The van der Waals surface area contributed by atoms with Gasteiger partial charge in [-0.1, -0.05) is 29.8 Å². The van der Waals surface area contributed by atoms with Crippen LogP contribution in [-0.2, 0) is 0 Å². The summed E-state index contributed by atoms with van der Waals surface area (Å²) in [5.41, 5.74) is 0. The number of halogens is 1. The molecule has 8 heavy (non-hydrogen) atoms. The highest BCUT2D eigenvalue weighted by Gasteiger charge is 2.15. The number of hydrogen-bond acceptors (Lipinski definition) is 1. The molecule has 0 amide bonds. The molecule has 0 aliphatic carbocycles. The Morgan fingerprint density at radius 3 is 2.00 bits per heavy atom. The summed E-state index contributed by atoms with van der Waals surface area (Å²) in [6.45, 7) is 5.92. The van der Waals surface area contributed by atoms with Crippen molar-refractivity contribution in [3.63, 3.8) is 0 Å². The lowest BCUT2D eigenvalue weighted by Crippen LogP contribution is -2.16. The van der Waals surface area contributed by atoms with E-state index in [0.717, 1.165) is 6.42 Å². The van der Waals surface area contributed by atoms with Crippen LogP contribution in [0.5, 0.6) is 0 Å². The van der Waals surface area contributed by atoms with E-state index in [0.29, 0.717) is 5.92 Å². The summed E-state index contributed by atoms with van der Waals surface area (Å²) in [5, 5.41) is 9.10. The first-order valence-electron chi connectivity index (χ1n) is 2.83. The van der Waals surface area contributed by atoms with Crippen LogP contribution in [0.3, 0.4) is 0 Å². The Balaban J connectivity index is 3.39. The van der Waals surface area contributed by atoms with E-state index in [1.807, 2.05) is 0 Å². The predicted molar refractivity (Wildman–Crippen MR) is 39.0 cm³/mol. The minimum absolute atomic E-state index is 0.546. The van der Waals surface area contributed by atoms with Crippen molar-refractivity contribution in [2.24, 2.45) is 5.92 Å². The highest BCUT2D eigenvalue weighted by atomic mass is 79.9. The monoisotopic (exact) mass is 180 g/mol. The highest BCUT2D eigenvalue weighted by Crippen LogP contribution is 2.21. The van der Waals surface area contributed by atoms with Gasteiger partial charge in [-0.15, -0.1) is 0 Å². The molecule has 0 aromatic carbocycles. The molecular formula is C6H13BrO. The lowest BCUT2D eigenvalue weighted by Gasteiger charge is -2.16. The van der Waals surface area contributed by atoms with Gasteiger partial charge in [0.05, 0.1) is 0 Å². The largest absolute Gasteiger partial charge is 0.379 e. The molecule has 0 fully saturated rings. The van der Waals surface area contributed by atoms with E-state index in [9.17, 15) is 0 Å².